The Morgan fingerprint density at radius 1 is 1.08 bits per heavy atom. The Kier molecular flexibility index (Phi) is 10.9. The third kappa shape index (κ3) is 8.03. The van der Waals surface area contributed by atoms with Crippen LogP contribution in [0.2, 0.25) is 5.02 Å². The van der Waals surface area contributed by atoms with Crippen molar-refractivity contribution in [1.29, 1.82) is 0 Å². The molecule has 9 nitrogen and oxygen atoms in total. The zero-order valence-electron chi connectivity index (χ0n) is 21.3. The van der Waals surface area contributed by atoms with E-state index in [2.05, 4.69) is 5.32 Å². The van der Waals surface area contributed by atoms with Crippen molar-refractivity contribution < 1.29 is 27.5 Å². The van der Waals surface area contributed by atoms with E-state index in [1.807, 2.05) is 6.92 Å². The summed E-state index contributed by atoms with van der Waals surface area (Å²) in [5.41, 5.74) is 0.925. The van der Waals surface area contributed by atoms with Crippen LogP contribution in [0.1, 0.15) is 32.3 Å². The number of unbranched alkanes of at least 4 members (excludes halogenated alkanes) is 1. The number of carbonyl (C=O) groups excluding carboxylic acids is 2. The second-order valence-corrected chi connectivity index (χ2v) is 10.6. The van der Waals surface area contributed by atoms with E-state index in [1.54, 1.807) is 37.3 Å². The Balaban J connectivity index is 2.41. The molecule has 0 saturated heterocycles. The van der Waals surface area contributed by atoms with Gasteiger partial charge < -0.3 is 19.7 Å². The standard InChI is InChI=1S/C25H34ClN3O6S/c1-6-7-14-27-25(31)18(2)28(16-19-8-10-20(26)11-9-19)24(30)17-29(36(5,32)33)22-13-12-21(34-3)15-23(22)35-4/h8-13,15,18H,6-7,14,16-17H2,1-5H3,(H,27,31). The molecular weight excluding hydrogens is 506 g/mol. The second kappa shape index (κ2) is 13.4. The van der Waals surface area contributed by atoms with Crippen molar-refractivity contribution in [2.45, 2.75) is 39.3 Å². The molecule has 2 rings (SSSR count). The minimum absolute atomic E-state index is 0.0930. The summed E-state index contributed by atoms with van der Waals surface area (Å²) >= 11 is 5.99. The van der Waals surface area contributed by atoms with E-state index in [1.165, 1.54) is 31.3 Å². The lowest BCUT2D eigenvalue weighted by molar-refractivity contribution is -0.139. The molecule has 2 aromatic carbocycles. The predicted octanol–water partition coefficient (Wildman–Crippen LogP) is 3.46. The maximum absolute atomic E-state index is 13.6. The second-order valence-electron chi connectivity index (χ2n) is 8.28. The van der Waals surface area contributed by atoms with E-state index in [4.69, 9.17) is 21.1 Å². The number of sulfonamides is 1. The fourth-order valence-electron chi connectivity index (χ4n) is 3.49. The molecule has 2 amide bonds. The minimum Gasteiger partial charge on any atom is -0.497 e. The van der Waals surface area contributed by atoms with Gasteiger partial charge in [0.15, 0.2) is 0 Å². The first kappa shape index (κ1) is 29.3. The van der Waals surface area contributed by atoms with Crippen molar-refractivity contribution in [2.75, 3.05) is 37.9 Å². The monoisotopic (exact) mass is 539 g/mol. The third-order valence-electron chi connectivity index (χ3n) is 5.60. The molecule has 36 heavy (non-hydrogen) atoms. The van der Waals surface area contributed by atoms with Crippen molar-refractivity contribution in [1.82, 2.24) is 10.2 Å². The Bertz CT molecular complexity index is 1140. The lowest BCUT2D eigenvalue weighted by Gasteiger charge is -2.32. The van der Waals surface area contributed by atoms with Crippen LogP contribution < -0.4 is 19.1 Å². The van der Waals surface area contributed by atoms with Crippen molar-refractivity contribution >= 4 is 39.1 Å². The number of hydrogen-bond acceptors (Lipinski definition) is 6. The van der Waals surface area contributed by atoms with Crippen molar-refractivity contribution in [3.05, 3.63) is 53.1 Å². The molecular formula is C25H34ClN3O6S. The lowest BCUT2D eigenvalue weighted by Crippen LogP contribution is -2.51. The van der Waals surface area contributed by atoms with Gasteiger partial charge in [0.05, 0.1) is 26.2 Å². The topological polar surface area (TPSA) is 105 Å². The molecule has 198 valence electrons. The number of amides is 2. The number of hydrogen-bond donors (Lipinski definition) is 1. The maximum Gasteiger partial charge on any atom is 0.244 e. The van der Waals surface area contributed by atoms with Crippen LogP contribution in [0, 0.1) is 0 Å². The van der Waals surface area contributed by atoms with Crippen LogP contribution >= 0.6 is 11.6 Å². The number of anilines is 1. The van der Waals surface area contributed by atoms with E-state index in [9.17, 15) is 18.0 Å². The van der Waals surface area contributed by atoms with Crippen LogP contribution in [0.3, 0.4) is 0 Å². The zero-order valence-corrected chi connectivity index (χ0v) is 22.9. The molecule has 0 aromatic heterocycles. The first-order chi connectivity index (χ1) is 17.0. The highest BCUT2D eigenvalue weighted by atomic mass is 35.5. The number of benzene rings is 2. The van der Waals surface area contributed by atoms with E-state index >= 15 is 0 Å². The van der Waals surface area contributed by atoms with Crippen molar-refractivity contribution in [2.24, 2.45) is 0 Å². The van der Waals surface area contributed by atoms with Crippen molar-refractivity contribution in [3.8, 4) is 11.5 Å². The third-order valence-corrected chi connectivity index (χ3v) is 6.98. The van der Waals surface area contributed by atoms with Crippen LogP contribution in [0.15, 0.2) is 42.5 Å². The van der Waals surface area contributed by atoms with Gasteiger partial charge in [0.2, 0.25) is 21.8 Å². The molecule has 0 heterocycles. The lowest BCUT2D eigenvalue weighted by atomic mass is 10.1. The summed E-state index contributed by atoms with van der Waals surface area (Å²) in [7, 11) is -1.01. The van der Waals surface area contributed by atoms with Gasteiger partial charge in [-0.1, -0.05) is 37.1 Å². The SMILES string of the molecule is CCCCNC(=O)C(C)N(Cc1ccc(Cl)cc1)C(=O)CN(c1ccc(OC)cc1OC)S(C)(=O)=O. The Morgan fingerprint density at radius 3 is 2.31 bits per heavy atom. The van der Waals surface area contributed by atoms with Crippen LogP contribution in [-0.2, 0) is 26.2 Å². The molecule has 0 aliphatic carbocycles. The predicted molar refractivity (Wildman–Crippen MR) is 141 cm³/mol. The summed E-state index contributed by atoms with van der Waals surface area (Å²) < 4.78 is 37.0. The molecule has 11 heteroatoms. The molecule has 0 spiro atoms. The van der Waals surface area contributed by atoms with E-state index < -0.39 is 28.5 Å². The largest absolute Gasteiger partial charge is 0.497 e. The van der Waals surface area contributed by atoms with E-state index in [0.29, 0.717) is 17.3 Å². The Hall–Kier alpha value is -2.98. The fourth-order valence-corrected chi connectivity index (χ4v) is 4.47. The van der Waals surface area contributed by atoms with Gasteiger partial charge in [0.25, 0.3) is 0 Å². The molecule has 1 N–H and O–H groups in total. The molecule has 0 fully saturated rings. The first-order valence-electron chi connectivity index (χ1n) is 11.5. The number of nitrogens with one attached hydrogen (secondary N) is 1. The molecule has 1 unspecified atom stereocenters. The number of methoxy groups -OCH3 is 2. The van der Waals surface area contributed by atoms with Gasteiger partial charge in [-0.2, -0.15) is 0 Å². The van der Waals surface area contributed by atoms with E-state index in [0.717, 1.165) is 29.0 Å². The molecule has 0 aliphatic rings. The van der Waals surface area contributed by atoms with E-state index in [-0.39, 0.29) is 23.9 Å². The van der Waals surface area contributed by atoms with Gasteiger partial charge in [-0.25, -0.2) is 8.42 Å². The summed E-state index contributed by atoms with van der Waals surface area (Å²) in [6, 6.07) is 10.7. The highest BCUT2D eigenvalue weighted by molar-refractivity contribution is 7.92. The van der Waals surface area contributed by atoms with Crippen LogP contribution in [0.5, 0.6) is 11.5 Å². The molecule has 0 bridgehead atoms. The molecule has 0 aliphatic heterocycles. The quantitative estimate of drug-likeness (QED) is 0.391. The average Bonchev–Trinajstić information content (AvgIpc) is 2.85. The van der Waals surface area contributed by atoms with Crippen LogP contribution in [0.4, 0.5) is 5.69 Å². The minimum atomic E-state index is -3.89. The summed E-state index contributed by atoms with van der Waals surface area (Å²) in [5, 5.41) is 3.38. The van der Waals surface area contributed by atoms with Gasteiger partial charge in [0.1, 0.15) is 24.1 Å². The van der Waals surface area contributed by atoms with Gasteiger partial charge in [-0.3, -0.25) is 13.9 Å². The number of rotatable bonds is 13. The molecule has 1 atom stereocenters. The smallest absolute Gasteiger partial charge is 0.244 e. The average molecular weight is 540 g/mol. The maximum atomic E-state index is 13.6. The first-order valence-corrected chi connectivity index (χ1v) is 13.8. The molecule has 2 aromatic rings. The fraction of sp³-hybridized carbons (Fsp3) is 0.440. The summed E-state index contributed by atoms with van der Waals surface area (Å²) in [6.45, 7) is 3.69. The number of ether oxygens (including phenoxy) is 2. The molecule has 0 radical (unpaired) electrons. The Labute approximate surface area is 218 Å². The van der Waals surface area contributed by atoms with Gasteiger partial charge >= 0.3 is 0 Å². The number of halogens is 1. The number of nitrogens with zero attached hydrogens (tertiary/aromatic N) is 2. The highest BCUT2D eigenvalue weighted by Gasteiger charge is 2.31. The molecule has 0 saturated carbocycles. The van der Waals surface area contributed by atoms with Crippen LogP contribution in [0.25, 0.3) is 0 Å². The van der Waals surface area contributed by atoms with Crippen molar-refractivity contribution in [3.63, 3.8) is 0 Å². The highest BCUT2D eigenvalue weighted by Crippen LogP contribution is 2.33. The van der Waals surface area contributed by atoms with Gasteiger partial charge in [0, 0.05) is 24.2 Å². The zero-order chi connectivity index (χ0) is 26.9. The van der Waals surface area contributed by atoms with Gasteiger partial charge in [-0.15, -0.1) is 0 Å². The summed E-state index contributed by atoms with van der Waals surface area (Å²) in [4.78, 5) is 27.8. The van der Waals surface area contributed by atoms with Gasteiger partial charge in [-0.05, 0) is 43.2 Å². The normalized spacial score (nSPS) is 11.9. The summed E-state index contributed by atoms with van der Waals surface area (Å²) in [5.74, 6) is -0.176. The Morgan fingerprint density at radius 2 is 1.75 bits per heavy atom. The summed E-state index contributed by atoms with van der Waals surface area (Å²) in [6.07, 6.45) is 2.73. The number of carbonyl (C=O) groups is 2. The van der Waals surface area contributed by atoms with Crippen LogP contribution in [-0.4, -0.2) is 64.7 Å².